The van der Waals surface area contributed by atoms with Crippen molar-refractivity contribution in [2.24, 2.45) is 0 Å². The molecular weight excluding hydrogens is 390 g/mol. The zero-order valence-corrected chi connectivity index (χ0v) is 17.0. The largest absolute Gasteiger partial charge is 0.353 e. The third-order valence-electron chi connectivity index (χ3n) is 5.35. The van der Waals surface area contributed by atoms with E-state index >= 15 is 0 Å². The van der Waals surface area contributed by atoms with Crippen molar-refractivity contribution in [1.29, 1.82) is 0 Å². The van der Waals surface area contributed by atoms with Gasteiger partial charge in [0.15, 0.2) is 0 Å². The summed E-state index contributed by atoms with van der Waals surface area (Å²) in [7, 11) is 0. The molecule has 0 saturated carbocycles. The van der Waals surface area contributed by atoms with Gasteiger partial charge in [-0.25, -0.2) is 0 Å². The van der Waals surface area contributed by atoms with Gasteiger partial charge in [-0.3, -0.25) is 15.1 Å². The molecule has 144 valence electrons. The van der Waals surface area contributed by atoms with Gasteiger partial charge in [-0.1, -0.05) is 6.07 Å². The number of nitrogens with zero attached hydrogens (tertiary/aromatic N) is 3. The standard InChI is InChI=1S/C24H17N5S/c1-14-2-5-22(30-14)24-18-13-21(27-19(18)8-11-26-24)23-17-12-16(3-4-20(17)28-29-23)15-6-9-25-10-7-15/h2-13,27H,1H3,(H,28,29). The third-order valence-corrected chi connectivity index (χ3v) is 6.36. The molecule has 0 amide bonds. The molecule has 5 aromatic heterocycles. The van der Waals surface area contributed by atoms with Crippen LogP contribution in [0, 0.1) is 6.92 Å². The smallest absolute Gasteiger partial charge is 0.116 e. The molecule has 0 saturated heterocycles. The van der Waals surface area contributed by atoms with Crippen molar-refractivity contribution in [2.45, 2.75) is 6.92 Å². The first-order valence-corrected chi connectivity index (χ1v) is 10.5. The molecule has 0 spiro atoms. The summed E-state index contributed by atoms with van der Waals surface area (Å²) in [5.74, 6) is 0. The van der Waals surface area contributed by atoms with Gasteiger partial charge in [0.05, 0.1) is 21.8 Å². The third kappa shape index (κ3) is 2.73. The number of aryl methyl sites for hydroxylation is 1. The maximum atomic E-state index is 4.66. The molecule has 6 heteroatoms. The first-order chi connectivity index (χ1) is 14.8. The van der Waals surface area contributed by atoms with E-state index < -0.39 is 0 Å². The van der Waals surface area contributed by atoms with E-state index in [9.17, 15) is 0 Å². The van der Waals surface area contributed by atoms with Crippen molar-refractivity contribution in [3.05, 3.63) is 78.1 Å². The number of hydrogen-bond donors (Lipinski definition) is 2. The second kappa shape index (κ2) is 6.64. The molecular formula is C24H17N5S. The average molecular weight is 408 g/mol. The van der Waals surface area contributed by atoms with Crippen molar-refractivity contribution < 1.29 is 0 Å². The number of pyridine rings is 2. The minimum Gasteiger partial charge on any atom is -0.353 e. The topological polar surface area (TPSA) is 70.2 Å². The fourth-order valence-electron chi connectivity index (χ4n) is 3.88. The summed E-state index contributed by atoms with van der Waals surface area (Å²) in [6, 6.07) is 18.8. The van der Waals surface area contributed by atoms with Gasteiger partial charge in [0.2, 0.25) is 0 Å². The van der Waals surface area contributed by atoms with Crippen LogP contribution in [0.1, 0.15) is 4.88 Å². The number of nitrogens with one attached hydrogen (secondary N) is 2. The number of hydrogen-bond acceptors (Lipinski definition) is 4. The Morgan fingerprint density at radius 2 is 1.63 bits per heavy atom. The Morgan fingerprint density at radius 3 is 2.47 bits per heavy atom. The lowest BCUT2D eigenvalue weighted by molar-refractivity contribution is 1.12. The summed E-state index contributed by atoms with van der Waals surface area (Å²) >= 11 is 1.76. The molecule has 30 heavy (non-hydrogen) atoms. The minimum absolute atomic E-state index is 0.908. The van der Waals surface area contributed by atoms with E-state index in [1.165, 1.54) is 9.75 Å². The van der Waals surface area contributed by atoms with E-state index in [1.807, 2.05) is 36.8 Å². The predicted molar refractivity (Wildman–Crippen MR) is 122 cm³/mol. The predicted octanol–water partition coefficient (Wildman–Crippen LogP) is 6.21. The highest BCUT2D eigenvalue weighted by molar-refractivity contribution is 7.15. The van der Waals surface area contributed by atoms with E-state index in [1.54, 1.807) is 11.3 Å². The summed E-state index contributed by atoms with van der Waals surface area (Å²) in [6.07, 6.45) is 5.49. The number of aromatic amines is 2. The molecule has 5 heterocycles. The monoisotopic (exact) mass is 407 g/mol. The highest BCUT2D eigenvalue weighted by Crippen LogP contribution is 2.36. The van der Waals surface area contributed by atoms with Crippen LogP contribution < -0.4 is 0 Å². The zero-order valence-electron chi connectivity index (χ0n) is 16.2. The number of thiophene rings is 1. The van der Waals surface area contributed by atoms with Gasteiger partial charge in [0.25, 0.3) is 0 Å². The molecule has 1 aromatic carbocycles. The number of rotatable bonds is 3. The Bertz CT molecular complexity index is 1510. The van der Waals surface area contributed by atoms with E-state index in [-0.39, 0.29) is 0 Å². The van der Waals surface area contributed by atoms with Crippen LogP contribution in [-0.2, 0) is 0 Å². The van der Waals surface area contributed by atoms with Crippen LogP contribution in [0.25, 0.3) is 54.9 Å². The van der Waals surface area contributed by atoms with Crippen LogP contribution in [0.15, 0.2) is 73.2 Å². The Labute approximate surface area is 176 Å². The van der Waals surface area contributed by atoms with E-state index in [0.29, 0.717) is 0 Å². The van der Waals surface area contributed by atoms with Crippen molar-refractivity contribution in [3.8, 4) is 33.1 Å². The number of fused-ring (bicyclic) bond motifs is 2. The Balaban J connectivity index is 1.52. The normalized spacial score (nSPS) is 11.5. The zero-order chi connectivity index (χ0) is 20.1. The molecule has 0 radical (unpaired) electrons. The molecule has 0 aliphatic heterocycles. The molecule has 0 atom stereocenters. The lowest BCUT2D eigenvalue weighted by Crippen LogP contribution is -1.81. The second-order valence-electron chi connectivity index (χ2n) is 7.28. The minimum atomic E-state index is 0.908. The average Bonchev–Trinajstić information content (AvgIpc) is 3.51. The number of H-pyrrole nitrogens is 2. The van der Waals surface area contributed by atoms with Gasteiger partial charge in [-0.15, -0.1) is 11.3 Å². The van der Waals surface area contributed by atoms with E-state index in [2.05, 4.69) is 68.5 Å². The molecule has 2 N–H and O–H groups in total. The fourth-order valence-corrected chi connectivity index (χ4v) is 4.76. The summed E-state index contributed by atoms with van der Waals surface area (Å²) in [5, 5.41) is 9.97. The molecule has 0 unspecified atom stereocenters. The van der Waals surface area contributed by atoms with E-state index in [4.69, 9.17) is 0 Å². The molecule has 0 fully saturated rings. The van der Waals surface area contributed by atoms with Crippen LogP contribution in [-0.4, -0.2) is 25.1 Å². The van der Waals surface area contributed by atoms with Crippen LogP contribution >= 0.6 is 11.3 Å². The number of benzene rings is 1. The lowest BCUT2D eigenvalue weighted by atomic mass is 10.0. The summed E-state index contributed by atoms with van der Waals surface area (Å²) in [4.78, 5) is 14.8. The first kappa shape index (κ1) is 17.1. The molecule has 0 bridgehead atoms. The summed E-state index contributed by atoms with van der Waals surface area (Å²) < 4.78 is 0. The molecule has 0 aliphatic carbocycles. The Morgan fingerprint density at radius 1 is 0.767 bits per heavy atom. The summed E-state index contributed by atoms with van der Waals surface area (Å²) in [5.41, 5.74) is 7.23. The quantitative estimate of drug-likeness (QED) is 0.367. The molecule has 0 aliphatic rings. The van der Waals surface area contributed by atoms with Crippen LogP contribution in [0.4, 0.5) is 0 Å². The van der Waals surface area contributed by atoms with Gasteiger partial charge >= 0.3 is 0 Å². The van der Waals surface area contributed by atoms with Crippen LogP contribution in [0.2, 0.25) is 0 Å². The van der Waals surface area contributed by atoms with E-state index in [0.717, 1.165) is 50.0 Å². The Hall–Kier alpha value is -3.77. The maximum absolute atomic E-state index is 4.66. The Kier molecular flexibility index (Phi) is 3.79. The van der Waals surface area contributed by atoms with Gasteiger partial charge < -0.3 is 4.98 Å². The second-order valence-corrected chi connectivity index (χ2v) is 8.57. The SMILES string of the molecule is Cc1ccc(-c2nccc3[nH]c(-c4n[nH]c5ccc(-c6ccncc6)cc45)cc23)s1. The molecule has 6 rings (SSSR count). The van der Waals surface area contributed by atoms with Crippen molar-refractivity contribution in [1.82, 2.24) is 25.1 Å². The van der Waals surface area contributed by atoms with Gasteiger partial charge in [0.1, 0.15) is 5.69 Å². The van der Waals surface area contributed by atoms with Gasteiger partial charge in [0, 0.05) is 39.8 Å². The van der Waals surface area contributed by atoms with Crippen LogP contribution in [0.5, 0.6) is 0 Å². The molecule has 5 nitrogen and oxygen atoms in total. The van der Waals surface area contributed by atoms with Crippen LogP contribution in [0.3, 0.4) is 0 Å². The van der Waals surface area contributed by atoms with Crippen molar-refractivity contribution in [2.75, 3.05) is 0 Å². The highest BCUT2D eigenvalue weighted by Gasteiger charge is 2.15. The van der Waals surface area contributed by atoms with Gasteiger partial charge in [-0.05, 0) is 66.6 Å². The highest BCUT2D eigenvalue weighted by atomic mass is 32.1. The first-order valence-electron chi connectivity index (χ1n) is 9.70. The summed E-state index contributed by atoms with van der Waals surface area (Å²) in [6.45, 7) is 2.12. The maximum Gasteiger partial charge on any atom is 0.116 e. The lowest BCUT2D eigenvalue weighted by Gasteiger charge is -2.01. The molecule has 6 aromatic rings. The van der Waals surface area contributed by atoms with Crippen molar-refractivity contribution >= 4 is 33.1 Å². The number of aromatic nitrogens is 5. The van der Waals surface area contributed by atoms with Gasteiger partial charge in [-0.2, -0.15) is 5.10 Å². The van der Waals surface area contributed by atoms with Crippen molar-refractivity contribution in [3.63, 3.8) is 0 Å². The fraction of sp³-hybridized carbons (Fsp3) is 0.0417.